The molecule has 20 heavy (non-hydrogen) atoms. The Morgan fingerprint density at radius 3 is 2.40 bits per heavy atom. The van der Waals surface area contributed by atoms with E-state index in [0.717, 1.165) is 19.5 Å². The Bertz CT molecular complexity index is 323. The largest absolute Gasteiger partial charge is 0.351 e. The summed E-state index contributed by atoms with van der Waals surface area (Å²) in [5.41, 5.74) is 0.400. The van der Waals surface area contributed by atoms with Crippen molar-refractivity contribution < 1.29 is 8.78 Å². The van der Waals surface area contributed by atoms with Crippen LogP contribution in [0, 0.1) is 5.41 Å². The fraction of sp³-hybridized carbons (Fsp3) is 0.933. The van der Waals surface area contributed by atoms with Crippen LogP contribution in [0.3, 0.4) is 0 Å². The summed E-state index contributed by atoms with van der Waals surface area (Å²) in [7, 11) is 1.68. The van der Waals surface area contributed by atoms with E-state index < -0.39 is 6.43 Å². The lowest BCUT2D eigenvalue weighted by Gasteiger charge is -2.44. The number of aliphatic imine (C=N–C) groups is 1. The van der Waals surface area contributed by atoms with Crippen LogP contribution in [0.25, 0.3) is 0 Å². The summed E-state index contributed by atoms with van der Waals surface area (Å²) in [6.45, 7) is 1.61. The summed E-state index contributed by atoms with van der Waals surface area (Å²) in [5.74, 6) is 0.647. The highest BCUT2D eigenvalue weighted by Gasteiger charge is 2.36. The van der Waals surface area contributed by atoms with E-state index in [1.807, 2.05) is 0 Å². The van der Waals surface area contributed by atoms with Gasteiger partial charge in [0.1, 0.15) is 0 Å². The lowest BCUT2D eigenvalue weighted by Crippen LogP contribution is -2.51. The van der Waals surface area contributed by atoms with Gasteiger partial charge in [-0.2, -0.15) is 0 Å². The number of nitrogens with zero attached hydrogens (tertiary/aromatic N) is 2. The van der Waals surface area contributed by atoms with E-state index in [0.29, 0.717) is 11.4 Å². The summed E-state index contributed by atoms with van der Waals surface area (Å²) in [5, 5.41) is 2.80. The van der Waals surface area contributed by atoms with Crippen molar-refractivity contribution in [1.29, 1.82) is 0 Å². The first-order valence-electron chi connectivity index (χ1n) is 7.89. The molecule has 0 aromatic heterocycles. The number of halogens is 2. The van der Waals surface area contributed by atoms with Crippen LogP contribution >= 0.6 is 0 Å². The molecule has 3 nitrogen and oxygen atoms in total. The molecule has 1 aliphatic heterocycles. The Balaban J connectivity index is 1.97. The first kappa shape index (κ1) is 15.5. The normalized spacial score (nSPS) is 24.0. The Morgan fingerprint density at radius 2 is 1.80 bits per heavy atom. The van der Waals surface area contributed by atoms with Gasteiger partial charge in [-0.1, -0.05) is 25.7 Å². The van der Waals surface area contributed by atoms with Crippen molar-refractivity contribution in [2.45, 2.75) is 57.8 Å². The van der Waals surface area contributed by atoms with E-state index in [1.54, 1.807) is 7.05 Å². The number of hydrogen-bond acceptors (Lipinski definition) is 1. The minimum absolute atomic E-state index is 0.309. The minimum atomic E-state index is -2.33. The van der Waals surface area contributed by atoms with Crippen LogP contribution in [0.5, 0.6) is 0 Å². The molecule has 0 bridgehead atoms. The molecule has 0 radical (unpaired) electrons. The quantitative estimate of drug-likeness (QED) is 0.623. The fourth-order valence-corrected chi connectivity index (χ4v) is 3.78. The highest BCUT2D eigenvalue weighted by atomic mass is 19.3. The van der Waals surface area contributed by atoms with Crippen LogP contribution in [0.4, 0.5) is 8.78 Å². The molecule has 1 N–H and O–H groups in total. The second-order valence-corrected chi connectivity index (χ2v) is 6.26. The van der Waals surface area contributed by atoms with E-state index in [4.69, 9.17) is 0 Å². The molecule has 2 aliphatic rings. The maximum absolute atomic E-state index is 12.4. The predicted octanol–water partition coefficient (Wildman–Crippen LogP) is 3.26. The molecule has 1 heterocycles. The first-order chi connectivity index (χ1) is 9.65. The number of guanidine groups is 1. The van der Waals surface area contributed by atoms with E-state index >= 15 is 0 Å². The zero-order valence-electron chi connectivity index (χ0n) is 12.5. The molecule has 1 aliphatic carbocycles. The number of likely N-dealkylation sites (tertiary alicyclic amines) is 1. The van der Waals surface area contributed by atoms with Crippen molar-refractivity contribution in [3.8, 4) is 0 Å². The Kier molecular flexibility index (Phi) is 5.61. The molecule has 116 valence electrons. The summed E-state index contributed by atoms with van der Waals surface area (Å²) in [4.78, 5) is 6.37. The highest BCUT2D eigenvalue weighted by Crippen LogP contribution is 2.42. The Hall–Kier alpha value is -0.870. The van der Waals surface area contributed by atoms with Crippen molar-refractivity contribution >= 4 is 5.96 Å². The summed E-state index contributed by atoms with van der Waals surface area (Å²) in [6, 6.07) is 0. The van der Waals surface area contributed by atoms with Crippen LogP contribution in [0.1, 0.15) is 51.4 Å². The molecule has 1 saturated carbocycles. The molecule has 0 atom stereocenters. The second kappa shape index (κ2) is 7.23. The van der Waals surface area contributed by atoms with Crippen molar-refractivity contribution in [1.82, 2.24) is 10.2 Å². The average molecular weight is 287 g/mol. The van der Waals surface area contributed by atoms with Gasteiger partial charge in [-0.25, -0.2) is 8.78 Å². The second-order valence-electron chi connectivity index (χ2n) is 6.26. The minimum Gasteiger partial charge on any atom is -0.351 e. The van der Waals surface area contributed by atoms with Crippen LogP contribution < -0.4 is 5.32 Å². The van der Waals surface area contributed by atoms with Gasteiger partial charge in [0.05, 0.1) is 6.54 Å². The molecule has 1 saturated heterocycles. The van der Waals surface area contributed by atoms with Gasteiger partial charge >= 0.3 is 0 Å². The average Bonchev–Trinajstić information content (AvgIpc) is 2.65. The van der Waals surface area contributed by atoms with E-state index in [-0.39, 0.29) is 6.54 Å². The van der Waals surface area contributed by atoms with Crippen LogP contribution in [-0.2, 0) is 0 Å². The van der Waals surface area contributed by atoms with Gasteiger partial charge < -0.3 is 10.2 Å². The van der Waals surface area contributed by atoms with Crippen molar-refractivity contribution in [2.75, 3.05) is 26.7 Å². The summed E-state index contributed by atoms with van der Waals surface area (Å²) < 4.78 is 24.7. The Labute approximate surface area is 120 Å². The smallest absolute Gasteiger partial charge is 0.255 e. The van der Waals surface area contributed by atoms with Crippen LogP contribution in [-0.4, -0.2) is 44.0 Å². The molecular formula is C15H27F2N3. The van der Waals surface area contributed by atoms with Gasteiger partial charge in [-0.15, -0.1) is 0 Å². The van der Waals surface area contributed by atoms with Gasteiger partial charge in [-0.3, -0.25) is 4.99 Å². The topological polar surface area (TPSA) is 27.6 Å². The molecule has 0 aromatic rings. The van der Waals surface area contributed by atoms with E-state index in [1.165, 1.54) is 44.9 Å². The third-order valence-corrected chi connectivity index (χ3v) is 4.75. The highest BCUT2D eigenvalue weighted by molar-refractivity contribution is 5.80. The van der Waals surface area contributed by atoms with E-state index in [2.05, 4.69) is 15.2 Å². The van der Waals surface area contributed by atoms with Crippen molar-refractivity contribution in [2.24, 2.45) is 10.4 Å². The van der Waals surface area contributed by atoms with Gasteiger partial charge in [0.2, 0.25) is 0 Å². The lowest BCUT2D eigenvalue weighted by atomic mass is 9.74. The third kappa shape index (κ3) is 4.06. The van der Waals surface area contributed by atoms with Crippen molar-refractivity contribution in [3.63, 3.8) is 0 Å². The number of alkyl halides is 2. The van der Waals surface area contributed by atoms with Gasteiger partial charge in [0.15, 0.2) is 5.96 Å². The molecular weight excluding hydrogens is 260 g/mol. The first-order valence-corrected chi connectivity index (χ1v) is 7.89. The zero-order valence-corrected chi connectivity index (χ0v) is 12.5. The third-order valence-electron chi connectivity index (χ3n) is 4.75. The molecule has 0 amide bonds. The fourth-order valence-electron chi connectivity index (χ4n) is 3.78. The molecule has 0 aromatic carbocycles. The predicted molar refractivity (Wildman–Crippen MR) is 78.3 cm³/mol. The SMILES string of the molecule is CN=C(NCC(F)F)N1CCCC2(CCCCCC2)C1. The standard InChI is InChI=1S/C15H27F2N3/c1-18-14(19-11-13(16)17)20-10-6-9-15(12-20)7-4-2-3-5-8-15/h13H,2-12H2,1H3,(H,18,19). The van der Waals surface area contributed by atoms with Gasteiger partial charge in [0.25, 0.3) is 6.43 Å². The molecule has 2 rings (SSSR count). The van der Waals surface area contributed by atoms with Crippen molar-refractivity contribution in [3.05, 3.63) is 0 Å². The summed E-state index contributed by atoms with van der Waals surface area (Å²) in [6.07, 6.45) is 8.01. The van der Waals surface area contributed by atoms with Gasteiger partial charge in [0, 0.05) is 20.1 Å². The maximum atomic E-state index is 12.4. The Morgan fingerprint density at radius 1 is 1.15 bits per heavy atom. The molecule has 5 heteroatoms. The molecule has 2 fully saturated rings. The van der Waals surface area contributed by atoms with Gasteiger partial charge in [-0.05, 0) is 31.1 Å². The number of rotatable bonds is 2. The maximum Gasteiger partial charge on any atom is 0.255 e. The molecule has 1 spiro atoms. The summed E-state index contributed by atoms with van der Waals surface area (Å²) >= 11 is 0. The van der Waals surface area contributed by atoms with E-state index in [9.17, 15) is 8.78 Å². The van der Waals surface area contributed by atoms with Crippen LogP contribution in [0.2, 0.25) is 0 Å². The number of piperidine rings is 1. The number of hydrogen-bond donors (Lipinski definition) is 1. The lowest BCUT2D eigenvalue weighted by molar-refractivity contribution is 0.112. The zero-order chi connectivity index (χ0) is 14.4. The number of nitrogens with one attached hydrogen (secondary N) is 1. The monoisotopic (exact) mass is 287 g/mol. The van der Waals surface area contributed by atoms with Crippen LogP contribution in [0.15, 0.2) is 4.99 Å². The molecule has 0 unspecified atom stereocenters.